The average Bonchev–Trinajstić information content (AvgIpc) is 2.72. The molecule has 4 amide bonds. The molecule has 1 spiro atoms. The molecule has 3 aliphatic heterocycles. The number of anilines is 1. The topological polar surface area (TPSA) is 81.8 Å². The normalized spacial score (nSPS) is 23.2. The van der Waals surface area contributed by atoms with Crippen LogP contribution >= 0.6 is 0 Å². The molecule has 7 heteroatoms. The van der Waals surface area contributed by atoms with Crippen molar-refractivity contribution in [3.05, 3.63) is 65.7 Å². The first-order chi connectivity index (χ1) is 14.1. The van der Waals surface area contributed by atoms with E-state index >= 15 is 0 Å². The molecule has 2 aromatic carbocycles. The van der Waals surface area contributed by atoms with Crippen LogP contribution < -0.4 is 15.5 Å². The van der Waals surface area contributed by atoms with Crippen LogP contribution in [-0.4, -0.2) is 48.4 Å². The van der Waals surface area contributed by atoms with E-state index in [-0.39, 0.29) is 12.5 Å². The van der Waals surface area contributed by atoms with Crippen LogP contribution in [-0.2, 0) is 22.6 Å². The lowest BCUT2D eigenvalue weighted by Gasteiger charge is -2.54. The highest BCUT2D eigenvalue weighted by molar-refractivity contribution is 6.20. The molecule has 2 N–H and O–H groups in total. The number of nitrogens with one attached hydrogen (secondary N) is 2. The van der Waals surface area contributed by atoms with Crippen LogP contribution in [0.25, 0.3) is 0 Å². The maximum absolute atomic E-state index is 13.1. The molecule has 1 atom stereocenters. The summed E-state index contributed by atoms with van der Waals surface area (Å²) in [4.78, 5) is 42.4. The largest absolute Gasteiger partial charge is 0.364 e. The smallest absolute Gasteiger partial charge is 0.328 e. The molecule has 3 aliphatic rings. The van der Waals surface area contributed by atoms with Gasteiger partial charge in [0, 0.05) is 31.9 Å². The minimum atomic E-state index is -1.32. The monoisotopic (exact) mass is 390 g/mol. The van der Waals surface area contributed by atoms with E-state index in [4.69, 9.17) is 0 Å². The molecule has 0 aromatic heterocycles. The number of nitrogens with zero attached hydrogens (tertiary/aromatic N) is 2. The van der Waals surface area contributed by atoms with E-state index in [2.05, 4.69) is 32.6 Å². The number of hydrogen-bond acceptors (Lipinski definition) is 5. The van der Waals surface area contributed by atoms with E-state index in [0.29, 0.717) is 13.1 Å². The second-order valence-electron chi connectivity index (χ2n) is 7.94. The van der Waals surface area contributed by atoms with E-state index in [1.54, 1.807) is 0 Å². The molecule has 2 saturated heterocycles. The molecule has 0 saturated carbocycles. The highest BCUT2D eigenvalue weighted by Crippen LogP contribution is 2.44. The first-order valence-electron chi connectivity index (χ1n) is 9.85. The number of carbonyl (C=O) groups excluding carboxylic acids is 3. The zero-order chi connectivity index (χ0) is 20.0. The van der Waals surface area contributed by atoms with Gasteiger partial charge in [0.05, 0.1) is 6.04 Å². The van der Waals surface area contributed by atoms with Crippen LogP contribution in [0.5, 0.6) is 0 Å². The van der Waals surface area contributed by atoms with Gasteiger partial charge in [-0.2, -0.15) is 0 Å². The van der Waals surface area contributed by atoms with Gasteiger partial charge in [0.1, 0.15) is 0 Å². The van der Waals surface area contributed by atoms with Gasteiger partial charge in [-0.1, -0.05) is 48.5 Å². The zero-order valence-electron chi connectivity index (χ0n) is 15.9. The van der Waals surface area contributed by atoms with Gasteiger partial charge in [0.15, 0.2) is 5.41 Å². The molecule has 148 valence electrons. The minimum absolute atomic E-state index is 0.286. The maximum atomic E-state index is 13.1. The van der Waals surface area contributed by atoms with Gasteiger partial charge in [-0.25, -0.2) is 4.79 Å². The second kappa shape index (κ2) is 6.70. The quantitative estimate of drug-likeness (QED) is 0.755. The lowest BCUT2D eigenvalue weighted by Crippen LogP contribution is -2.74. The third-order valence-corrected chi connectivity index (χ3v) is 6.32. The van der Waals surface area contributed by atoms with Gasteiger partial charge in [0.25, 0.3) is 0 Å². The number of imide groups is 2. The van der Waals surface area contributed by atoms with Crippen LogP contribution in [0.3, 0.4) is 0 Å². The molecule has 0 bridgehead atoms. The summed E-state index contributed by atoms with van der Waals surface area (Å²) in [6.07, 6.45) is 0.286. The molecule has 0 aliphatic carbocycles. The number of hydrogen-bond donors (Lipinski definition) is 2. The number of urea groups is 1. The van der Waals surface area contributed by atoms with Gasteiger partial charge in [0.2, 0.25) is 11.8 Å². The Hall–Kier alpha value is -3.19. The lowest BCUT2D eigenvalue weighted by atomic mass is 9.68. The Bertz CT molecular complexity index is 971. The number of amides is 4. The molecule has 29 heavy (non-hydrogen) atoms. The van der Waals surface area contributed by atoms with E-state index in [9.17, 15) is 14.4 Å². The van der Waals surface area contributed by atoms with Crippen molar-refractivity contribution < 1.29 is 14.4 Å². The fourth-order valence-electron chi connectivity index (χ4n) is 4.92. The Kier molecular flexibility index (Phi) is 4.13. The first-order valence-corrected chi connectivity index (χ1v) is 9.85. The Morgan fingerprint density at radius 2 is 1.59 bits per heavy atom. The molecular weight excluding hydrogens is 368 g/mol. The Morgan fingerprint density at radius 3 is 2.34 bits per heavy atom. The molecule has 7 nitrogen and oxygen atoms in total. The van der Waals surface area contributed by atoms with Crippen molar-refractivity contribution in [2.75, 3.05) is 24.5 Å². The predicted molar refractivity (Wildman–Crippen MR) is 107 cm³/mol. The number of benzene rings is 2. The minimum Gasteiger partial charge on any atom is -0.364 e. The van der Waals surface area contributed by atoms with Crippen molar-refractivity contribution in [2.45, 2.75) is 19.0 Å². The van der Waals surface area contributed by atoms with Crippen LogP contribution in [0.1, 0.15) is 11.1 Å². The van der Waals surface area contributed by atoms with Crippen molar-refractivity contribution in [1.29, 1.82) is 0 Å². The van der Waals surface area contributed by atoms with Gasteiger partial charge in [-0.15, -0.1) is 0 Å². The summed E-state index contributed by atoms with van der Waals surface area (Å²) in [5.41, 5.74) is 1.90. The number of barbiturate groups is 1. The molecule has 3 heterocycles. The van der Waals surface area contributed by atoms with E-state index in [1.165, 1.54) is 5.56 Å². The summed E-state index contributed by atoms with van der Waals surface area (Å²) in [6, 6.07) is 17.0. The second-order valence-corrected chi connectivity index (χ2v) is 7.94. The summed E-state index contributed by atoms with van der Waals surface area (Å²) in [5, 5.41) is 4.69. The number of piperazine rings is 1. The van der Waals surface area contributed by atoms with Crippen molar-refractivity contribution in [2.24, 2.45) is 5.41 Å². The van der Waals surface area contributed by atoms with Crippen molar-refractivity contribution >= 4 is 23.5 Å². The van der Waals surface area contributed by atoms with Gasteiger partial charge >= 0.3 is 6.03 Å². The summed E-state index contributed by atoms with van der Waals surface area (Å²) >= 11 is 0. The van der Waals surface area contributed by atoms with Gasteiger partial charge < -0.3 is 4.90 Å². The fourth-order valence-corrected chi connectivity index (χ4v) is 4.92. The SMILES string of the molecule is O=C1NC(=O)C2(Cc3ccccc3N3CCN(Cc4ccccc4)C[C@@H]32)C(=O)N1. The van der Waals surface area contributed by atoms with E-state index < -0.39 is 23.3 Å². The van der Waals surface area contributed by atoms with Crippen LogP contribution in [0, 0.1) is 5.41 Å². The zero-order valence-corrected chi connectivity index (χ0v) is 15.9. The number of fused-ring (bicyclic) bond motifs is 4. The maximum Gasteiger partial charge on any atom is 0.328 e. The molecule has 2 aromatic rings. The predicted octanol–water partition coefficient (Wildman–Crippen LogP) is 1.29. The molecule has 0 unspecified atom stereocenters. The summed E-state index contributed by atoms with van der Waals surface area (Å²) in [7, 11) is 0. The summed E-state index contributed by atoms with van der Waals surface area (Å²) in [6.45, 7) is 2.87. The molecule has 5 rings (SSSR count). The summed E-state index contributed by atoms with van der Waals surface area (Å²) < 4.78 is 0. The molecule has 0 radical (unpaired) electrons. The van der Waals surface area contributed by atoms with Crippen molar-refractivity contribution in [3.63, 3.8) is 0 Å². The van der Waals surface area contributed by atoms with Crippen LogP contribution in [0.15, 0.2) is 54.6 Å². The van der Waals surface area contributed by atoms with E-state index in [0.717, 1.165) is 24.3 Å². The highest BCUT2D eigenvalue weighted by atomic mass is 16.2. The Balaban J connectivity index is 1.53. The third kappa shape index (κ3) is 2.81. The van der Waals surface area contributed by atoms with Crippen molar-refractivity contribution in [3.8, 4) is 0 Å². The van der Waals surface area contributed by atoms with Gasteiger partial charge in [-0.3, -0.25) is 25.1 Å². The molecule has 2 fully saturated rings. The average molecular weight is 390 g/mol. The standard InChI is InChI=1S/C22H22N4O3/c27-19-22(20(28)24-21(29)23-19)12-16-8-4-5-9-17(16)26-11-10-25(14-18(22)26)13-15-6-2-1-3-7-15/h1-9,18H,10-14H2,(H2,23,24,27,28,29)/t18-/m1/s1. The van der Waals surface area contributed by atoms with Crippen LogP contribution in [0.2, 0.25) is 0 Å². The number of rotatable bonds is 2. The van der Waals surface area contributed by atoms with Crippen LogP contribution in [0.4, 0.5) is 10.5 Å². The lowest BCUT2D eigenvalue weighted by molar-refractivity contribution is -0.147. The Morgan fingerprint density at radius 1 is 0.897 bits per heavy atom. The Labute approximate surface area is 168 Å². The highest BCUT2D eigenvalue weighted by Gasteiger charge is 2.60. The number of para-hydroxylation sites is 1. The first kappa shape index (κ1) is 17.9. The molecular formula is C22H22N4O3. The fraction of sp³-hybridized carbons (Fsp3) is 0.318. The van der Waals surface area contributed by atoms with E-state index in [1.807, 2.05) is 42.5 Å². The third-order valence-electron chi connectivity index (χ3n) is 6.32. The summed E-state index contributed by atoms with van der Waals surface area (Å²) in [5.74, 6) is -1.00. The van der Waals surface area contributed by atoms with Crippen molar-refractivity contribution in [1.82, 2.24) is 15.5 Å². The number of carbonyl (C=O) groups is 3. The van der Waals surface area contributed by atoms with Gasteiger partial charge in [-0.05, 0) is 23.6 Å².